The molecule has 36 heavy (non-hydrogen) atoms. The van der Waals surface area contributed by atoms with Gasteiger partial charge in [-0.2, -0.15) is 0 Å². The van der Waals surface area contributed by atoms with Crippen LogP contribution in [0.15, 0.2) is 72.3 Å². The molecule has 3 aromatic carbocycles. The first-order chi connectivity index (χ1) is 17.4. The van der Waals surface area contributed by atoms with Crippen molar-refractivity contribution >= 4 is 29.7 Å². The average Bonchev–Trinajstić information content (AvgIpc) is 2.91. The fourth-order valence-corrected chi connectivity index (χ4v) is 3.39. The molecule has 0 atom stereocenters. The standard InChI is InChI=1S/C29H28O7/c1-19(14-21-15-25(32-2)18-26(16-21)33-3)22-8-12-24(13-9-22)36-23-10-6-20(7-11-23)17-27(28(30)34-4)29(31)35-5/h6-18H,1-5H3/b19-14-. The van der Waals surface area contributed by atoms with Crippen molar-refractivity contribution in [1.82, 2.24) is 0 Å². The van der Waals surface area contributed by atoms with Crippen LogP contribution < -0.4 is 14.2 Å². The Bertz CT molecular complexity index is 1230. The molecule has 0 aromatic heterocycles. The summed E-state index contributed by atoms with van der Waals surface area (Å²) in [5.41, 5.74) is 3.52. The number of allylic oxidation sites excluding steroid dienone is 1. The van der Waals surface area contributed by atoms with E-state index in [9.17, 15) is 9.59 Å². The molecule has 0 heterocycles. The lowest BCUT2D eigenvalue weighted by atomic mass is 10.0. The van der Waals surface area contributed by atoms with Gasteiger partial charge >= 0.3 is 11.9 Å². The second-order valence-electron chi connectivity index (χ2n) is 7.71. The van der Waals surface area contributed by atoms with Crippen molar-refractivity contribution < 1.29 is 33.3 Å². The van der Waals surface area contributed by atoms with Crippen LogP contribution in [0, 0.1) is 0 Å². The number of rotatable bonds is 9. The zero-order valence-corrected chi connectivity index (χ0v) is 20.9. The molecule has 0 saturated carbocycles. The monoisotopic (exact) mass is 488 g/mol. The fourth-order valence-electron chi connectivity index (χ4n) is 3.39. The third-order valence-electron chi connectivity index (χ3n) is 5.30. The molecular weight excluding hydrogens is 460 g/mol. The number of hydrogen-bond acceptors (Lipinski definition) is 7. The molecule has 186 valence electrons. The van der Waals surface area contributed by atoms with E-state index in [0.717, 1.165) is 28.2 Å². The number of hydrogen-bond donors (Lipinski definition) is 0. The minimum absolute atomic E-state index is 0.194. The molecule has 3 rings (SSSR count). The van der Waals surface area contributed by atoms with Crippen LogP contribution in [0.4, 0.5) is 0 Å². The molecule has 7 nitrogen and oxygen atoms in total. The zero-order valence-electron chi connectivity index (χ0n) is 20.9. The highest BCUT2D eigenvalue weighted by Gasteiger charge is 2.19. The topological polar surface area (TPSA) is 80.3 Å². The Morgan fingerprint density at radius 3 is 1.58 bits per heavy atom. The normalized spacial score (nSPS) is 10.8. The lowest BCUT2D eigenvalue weighted by Crippen LogP contribution is -2.15. The van der Waals surface area contributed by atoms with Crippen LogP contribution in [-0.2, 0) is 19.1 Å². The van der Waals surface area contributed by atoms with Crippen LogP contribution >= 0.6 is 0 Å². The van der Waals surface area contributed by atoms with Gasteiger partial charge < -0.3 is 23.7 Å². The second-order valence-corrected chi connectivity index (χ2v) is 7.71. The van der Waals surface area contributed by atoms with Crippen LogP contribution in [0.2, 0.25) is 0 Å². The molecule has 0 aliphatic rings. The van der Waals surface area contributed by atoms with Gasteiger partial charge in [-0.25, -0.2) is 9.59 Å². The number of carbonyl (C=O) groups is 2. The Hall–Kier alpha value is -4.52. The van der Waals surface area contributed by atoms with E-state index in [1.54, 1.807) is 38.5 Å². The Morgan fingerprint density at radius 2 is 1.11 bits per heavy atom. The minimum atomic E-state index is -0.767. The summed E-state index contributed by atoms with van der Waals surface area (Å²) >= 11 is 0. The second kappa shape index (κ2) is 12.3. The van der Waals surface area contributed by atoms with Crippen LogP contribution in [0.25, 0.3) is 17.7 Å². The third-order valence-corrected chi connectivity index (χ3v) is 5.30. The van der Waals surface area contributed by atoms with E-state index in [1.165, 1.54) is 20.3 Å². The van der Waals surface area contributed by atoms with Crippen molar-refractivity contribution in [3.05, 3.63) is 89.0 Å². The summed E-state index contributed by atoms with van der Waals surface area (Å²) in [6.45, 7) is 2.03. The van der Waals surface area contributed by atoms with Crippen molar-refractivity contribution in [2.24, 2.45) is 0 Å². The van der Waals surface area contributed by atoms with Gasteiger partial charge in [0, 0.05) is 6.07 Å². The van der Waals surface area contributed by atoms with Crippen molar-refractivity contribution in [3.63, 3.8) is 0 Å². The van der Waals surface area contributed by atoms with E-state index in [-0.39, 0.29) is 5.57 Å². The highest BCUT2D eigenvalue weighted by atomic mass is 16.5. The molecule has 0 bridgehead atoms. The Morgan fingerprint density at radius 1 is 0.611 bits per heavy atom. The van der Waals surface area contributed by atoms with E-state index in [4.69, 9.17) is 14.2 Å². The Labute approximate surface area is 210 Å². The molecule has 0 fully saturated rings. The predicted octanol–water partition coefficient (Wildman–Crippen LogP) is 5.79. The molecule has 0 radical (unpaired) electrons. The number of carbonyl (C=O) groups excluding carboxylic acids is 2. The van der Waals surface area contributed by atoms with E-state index in [2.05, 4.69) is 15.5 Å². The summed E-state index contributed by atoms with van der Waals surface area (Å²) in [5.74, 6) is 1.20. The third kappa shape index (κ3) is 6.76. The maximum atomic E-state index is 11.8. The smallest absolute Gasteiger partial charge is 0.345 e. The molecule has 0 amide bonds. The maximum absolute atomic E-state index is 11.8. The lowest BCUT2D eigenvalue weighted by Gasteiger charge is -2.09. The summed E-state index contributed by atoms with van der Waals surface area (Å²) in [4.78, 5) is 23.7. The van der Waals surface area contributed by atoms with Gasteiger partial charge in [0.1, 0.15) is 28.6 Å². The summed E-state index contributed by atoms with van der Waals surface area (Å²) < 4.78 is 25.9. The molecule has 3 aromatic rings. The lowest BCUT2D eigenvalue weighted by molar-refractivity contribution is -0.143. The van der Waals surface area contributed by atoms with Crippen LogP contribution in [0.3, 0.4) is 0 Å². The predicted molar refractivity (Wildman–Crippen MR) is 138 cm³/mol. The van der Waals surface area contributed by atoms with Gasteiger partial charge in [-0.05, 0) is 71.7 Å². The molecule has 0 aliphatic heterocycles. The minimum Gasteiger partial charge on any atom is -0.497 e. The van der Waals surface area contributed by atoms with Gasteiger partial charge in [0.05, 0.1) is 28.4 Å². The van der Waals surface area contributed by atoms with Gasteiger partial charge in [0.2, 0.25) is 0 Å². The fraction of sp³-hybridized carbons (Fsp3) is 0.172. The number of methoxy groups -OCH3 is 4. The molecule has 0 saturated heterocycles. The van der Waals surface area contributed by atoms with Gasteiger partial charge in [-0.15, -0.1) is 0 Å². The number of esters is 2. The first-order valence-electron chi connectivity index (χ1n) is 11.0. The maximum Gasteiger partial charge on any atom is 0.345 e. The van der Waals surface area contributed by atoms with Gasteiger partial charge in [-0.1, -0.05) is 30.3 Å². The summed E-state index contributed by atoms with van der Waals surface area (Å²) in [6, 6.07) is 20.4. The highest BCUT2D eigenvalue weighted by molar-refractivity contribution is 6.17. The van der Waals surface area contributed by atoms with Crippen LogP contribution in [-0.4, -0.2) is 40.4 Å². The summed E-state index contributed by atoms with van der Waals surface area (Å²) in [5, 5.41) is 0. The number of benzene rings is 3. The van der Waals surface area contributed by atoms with E-state index in [0.29, 0.717) is 17.1 Å². The van der Waals surface area contributed by atoms with E-state index < -0.39 is 11.9 Å². The first kappa shape index (κ1) is 26.1. The van der Waals surface area contributed by atoms with E-state index in [1.807, 2.05) is 49.4 Å². The molecule has 0 unspecified atom stereocenters. The van der Waals surface area contributed by atoms with Crippen molar-refractivity contribution in [2.45, 2.75) is 6.92 Å². The Kier molecular flexibility index (Phi) is 8.89. The van der Waals surface area contributed by atoms with Crippen molar-refractivity contribution in [3.8, 4) is 23.0 Å². The first-order valence-corrected chi connectivity index (χ1v) is 11.0. The van der Waals surface area contributed by atoms with Crippen LogP contribution in [0.1, 0.15) is 23.6 Å². The number of ether oxygens (including phenoxy) is 5. The Balaban J connectivity index is 1.72. The largest absolute Gasteiger partial charge is 0.497 e. The molecular formula is C29H28O7. The average molecular weight is 489 g/mol. The summed E-state index contributed by atoms with van der Waals surface area (Å²) in [7, 11) is 5.66. The van der Waals surface area contributed by atoms with E-state index >= 15 is 0 Å². The molecule has 7 heteroatoms. The quantitative estimate of drug-likeness (QED) is 0.124. The molecule has 0 spiro atoms. The van der Waals surface area contributed by atoms with Crippen molar-refractivity contribution in [1.29, 1.82) is 0 Å². The SMILES string of the molecule is COC(=O)C(=Cc1ccc(Oc2ccc(/C(C)=C\c3cc(OC)cc(OC)c3)cc2)cc1)C(=O)OC. The highest BCUT2D eigenvalue weighted by Crippen LogP contribution is 2.28. The van der Waals surface area contributed by atoms with Crippen molar-refractivity contribution in [2.75, 3.05) is 28.4 Å². The van der Waals surface area contributed by atoms with Crippen LogP contribution in [0.5, 0.6) is 23.0 Å². The van der Waals surface area contributed by atoms with Gasteiger partial charge in [0.15, 0.2) is 0 Å². The molecule has 0 aliphatic carbocycles. The summed E-state index contributed by atoms with van der Waals surface area (Å²) in [6.07, 6.45) is 3.47. The van der Waals surface area contributed by atoms with Gasteiger partial charge in [0.25, 0.3) is 0 Å². The molecule has 0 N–H and O–H groups in total. The van der Waals surface area contributed by atoms with Gasteiger partial charge in [-0.3, -0.25) is 0 Å². The zero-order chi connectivity index (χ0) is 26.1.